The van der Waals surface area contributed by atoms with Crippen molar-refractivity contribution in [3.63, 3.8) is 0 Å². The normalized spacial score (nSPS) is 15.3. The summed E-state index contributed by atoms with van der Waals surface area (Å²) in [6, 6.07) is 8.25. The van der Waals surface area contributed by atoms with Gasteiger partial charge in [0.15, 0.2) is 26.6 Å². The molecule has 0 aliphatic carbocycles. The summed E-state index contributed by atoms with van der Waals surface area (Å²) in [7, 11) is -2.18. The minimum atomic E-state index is -3.61. The Balaban J connectivity index is 1.49. The van der Waals surface area contributed by atoms with E-state index in [1.807, 2.05) is 4.90 Å². The van der Waals surface area contributed by atoms with Gasteiger partial charge in [0.1, 0.15) is 10.6 Å². The number of nitrogens with zero attached hydrogens (tertiary/aromatic N) is 2. The van der Waals surface area contributed by atoms with Crippen molar-refractivity contribution >= 4 is 37.9 Å². The van der Waals surface area contributed by atoms with E-state index in [0.717, 1.165) is 17.3 Å². The van der Waals surface area contributed by atoms with E-state index in [9.17, 15) is 17.2 Å². The van der Waals surface area contributed by atoms with Crippen LogP contribution in [0.2, 0.25) is 5.02 Å². The van der Waals surface area contributed by atoms with Gasteiger partial charge >= 0.3 is 0 Å². The highest BCUT2D eigenvalue weighted by Crippen LogP contribution is 2.35. The lowest BCUT2D eigenvalue weighted by molar-refractivity contribution is 0.402. The summed E-state index contributed by atoms with van der Waals surface area (Å²) in [5, 5.41) is 2.28. The zero-order valence-electron chi connectivity index (χ0n) is 16.5. The lowest BCUT2D eigenvalue weighted by atomic mass is 10.1. The van der Waals surface area contributed by atoms with E-state index >= 15 is 0 Å². The van der Waals surface area contributed by atoms with Crippen molar-refractivity contribution in [2.24, 2.45) is 0 Å². The molecule has 4 rings (SSSR count). The van der Waals surface area contributed by atoms with Crippen LogP contribution in [0.1, 0.15) is 12.8 Å². The third-order valence-electron chi connectivity index (χ3n) is 5.29. The number of sulfone groups is 1. The summed E-state index contributed by atoms with van der Waals surface area (Å²) in [6.45, 7) is 1.02. The number of thiazole rings is 1. The van der Waals surface area contributed by atoms with Gasteiger partial charge in [-0.1, -0.05) is 11.6 Å². The van der Waals surface area contributed by atoms with Gasteiger partial charge in [0.05, 0.1) is 18.1 Å². The van der Waals surface area contributed by atoms with Crippen LogP contribution >= 0.6 is 22.9 Å². The van der Waals surface area contributed by atoms with Gasteiger partial charge in [0, 0.05) is 29.1 Å². The summed E-state index contributed by atoms with van der Waals surface area (Å²) < 4.78 is 58.3. The number of ether oxygens (including phenoxy) is 1. The number of piperidine rings is 1. The van der Waals surface area contributed by atoms with Crippen molar-refractivity contribution in [2.45, 2.75) is 23.0 Å². The SMILES string of the molecule is COc1ccc(Cl)cc1S(=O)(=O)C1CCN(c2nc(-c3ccc(F)c(F)c3)cs2)CC1. The Morgan fingerprint density at radius 1 is 1.13 bits per heavy atom. The second kappa shape index (κ2) is 8.72. The van der Waals surface area contributed by atoms with Crippen LogP contribution in [0.15, 0.2) is 46.7 Å². The van der Waals surface area contributed by atoms with Gasteiger partial charge in [0.25, 0.3) is 0 Å². The molecule has 0 N–H and O–H groups in total. The molecule has 1 saturated heterocycles. The third-order valence-corrected chi connectivity index (χ3v) is 8.71. The first-order chi connectivity index (χ1) is 14.8. The largest absolute Gasteiger partial charge is 0.495 e. The van der Waals surface area contributed by atoms with Crippen molar-refractivity contribution < 1.29 is 21.9 Å². The standard InChI is InChI=1S/C21H19ClF2N2O3S2/c1-29-19-5-3-14(22)11-20(19)31(27,28)15-6-8-26(9-7-15)21-25-18(12-30-21)13-2-4-16(23)17(24)10-13/h2-5,10-12,15H,6-9H2,1H3. The molecule has 0 unspecified atom stereocenters. The smallest absolute Gasteiger partial charge is 0.185 e. The molecule has 1 aliphatic heterocycles. The van der Waals surface area contributed by atoms with E-state index in [2.05, 4.69) is 4.98 Å². The van der Waals surface area contributed by atoms with Crippen LogP contribution in [0.25, 0.3) is 11.3 Å². The maximum Gasteiger partial charge on any atom is 0.185 e. The van der Waals surface area contributed by atoms with Crippen LogP contribution in [0.3, 0.4) is 0 Å². The first kappa shape index (κ1) is 22.0. The van der Waals surface area contributed by atoms with E-state index < -0.39 is 26.7 Å². The van der Waals surface area contributed by atoms with Crippen molar-refractivity contribution in [3.8, 4) is 17.0 Å². The van der Waals surface area contributed by atoms with Gasteiger partial charge in [-0.25, -0.2) is 22.2 Å². The molecule has 2 heterocycles. The Bertz CT molecular complexity index is 1210. The molecule has 0 bridgehead atoms. The van der Waals surface area contributed by atoms with Crippen molar-refractivity contribution in [2.75, 3.05) is 25.1 Å². The number of benzene rings is 2. The molecule has 2 aromatic carbocycles. The van der Waals surface area contributed by atoms with Gasteiger partial charge in [0.2, 0.25) is 0 Å². The van der Waals surface area contributed by atoms with Gasteiger partial charge < -0.3 is 9.64 Å². The zero-order valence-corrected chi connectivity index (χ0v) is 18.9. The highest BCUT2D eigenvalue weighted by atomic mass is 35.5. The average Bonchev–Trinajstić information content (AvgIpc) is 3.26. The van der Waals surface area contributed by atoms with Crippen LogP contribution in [0.4, 0.5) is 13.9 Å². The van der Waals surface area contributed by atoms with Gasteiger partial charge in [-0.05, 0) is 49.2 Å². The minimum Gasteiger partial charge on any atom is -0.495 e. The summed E-state index contributed by atoms with van der Waals surface area (Å²) >= 11 is 7.40. The van der Waals surface area contributed by atoms with Crippen LogP contribution < -0.4 is 9.64 Å². The molecule has 164 valence electrons. The number of aromatic nitrogens is 1. The first-order valence-corrected chi connectivity index (χ1v) is 12.3. The van der Waals surface area contributed by atoms with Gasteiger partial charge in [-0.15, -0.1) is 11.3 Å². The maximum absolute atomic E-state index is 13.5. The molecule has 1 aromatic heterocycles. The Hall–Kier alpha value is -2.23. The second-order valence-corrected chi connectivity index (χ2v) is 10.6. The molecule has 3 aromatic rings. The molecule has 10 heteroatoms. The van der Waals surface area contributed by atoms with Gasteiger partial charge in [-0.3, -0.25) is 0 Å². The topological polar surface area (TPSA) is 59.5 Å². The Morgan fingerprint density at radius 2 is 1.87 bits per heavy atom. The fourth-order valence-electron chi connectivity index (χ4n) is 3.61. The predicted molar refractivity (Wildman–Crippen MR) is 118 cm³/mol. The van der Waals surface area contributed by atoms with E-state index in [1.54, 1.807) is 17.5 Å². The molecule has 0 amide bonds. The van der Waals surface area contributed by atoms with Gasteiger partial charge in [-0.2, -0.15) is 0 Å². The van der Waals surface area contributed by atoms with E-state index in [4.69, 9.17) is 16.3 Å². The van der Waals surface area contributed by atoms with Crippen molar-refractivity contribution in [3.05, 3.63) is 58.4 Å². The monoisotopic (exact) mass is 484 g/mol. The van der Waals surface area contributed by atoms with E-state index in [1.165, 1.54) is 30.6 Å². The Kier molecular flexibility index (Phi) is 6.18. The summed E-state index contributed by atoms with van der Waals surface area (Å²) in [5.74, 6) is -1.55. The fourth-order valence-corrected chi connectivity index (χ4v) is 6.65. The third kappa shape index (κ3) is 4.40. The highest BCUT2D eigenvalue weighted by Gasteiger charge is 2.34. The number of hydrogen-bond acceptors (Lipinski definition) is 6. The fraction of sp³-hybridized carbons (Fsp3) is 0.286. The highest BCUT2D eigenvalue weighted by molar-refractivity contribution is 7.92. The number of methoxy groups -OCH3 is 1. The average molecular weight is 485 g/mol. The number of halogens is 3. The minimum absolute atomic E-state index is 0.107. The van der Waals surface area contributed by atoms with Crippen LogP contribution in [0, 0.1) is 11.6 Å². The molecule has 0 radical (unpaired) electrons. The van der Waals surface area contributed by atoms with E-state index in [0.29, 0.717) is 42.2 Å². The van der Waals surface area contributed by atoms with Crippen LogP contribution in [-0.4, -0.2) is 38.9 Å². The van der Waals surface area contributed by atoms with Crippen molar-refractivity contribution in [1.82, 2.24) is 4.98 Å². The molecule has 5 nitrogen and oxygen atoms in total. The summed E-state index contributed by atoms with van der Waals surface area (Å²) in [4.78, 5) is 6.64. The quantitative estimate of drug-likeness (QED) is 0.498. The molecular formula is C21H19ClF2N2O3S2. The maximum atomic E-state index is 13.5. The Morgan fingerprint density at radius 3 is 2.55 bits per heavy atom. The molecule has 1 aliphatic rings. The second-order valence-electron chi connectivity index (χ2n) is 7.17. The predicted octanol–water partition coefficient (Wildman–Crippen LogP) is 5.19. The van der Waals surface area contributed by atoms with Crippen LogP contribution in [0.5, 0.6) is 5.75 Å². The zero-order chi connectivity index (χ0) is 22.2. The summed E-state index contributed by atoms with van der Waals surface area (Å²) in [5.41, 5.74) is 1.05. The summed E-state index contributed by atoms with van der Waals surface area (Å²) in [6.07, 6.45) is 0.857. The lowest BCUT2D eigenvalue weighted by Crippen LogP contribution is -2.39. The first-order valence-electron chi connectivity index (χ1n) is 9.53. The number of rotatable bonds is 5. The number of anilines is 1. The van der Waals surface area contributed by atoms with Crippen molar-refractivity contribution in [1.29, 1.82) is 0 Å². The molecular weight excluding hydrogens is 466 g/mol. The molecule has 0 atom stereocenters. The Labute approximate surface area is 188 Å². The molecule has 0 spiro atoms. The lowest BCUT2D eigenvalue weighted by Gasteiger charge is -2.31. The van der Waals surface area contributed by atoms with Crippen LogP contribution in [-0.2, 0) is 9.84 Å². The number of hydrogen-bond donors (Lipinski definition) is 0. The van der Waals surface area contributed by atoms with E-state index in [-0.39, 0.29) is 10.6 Å². The molecule has 0 saturated carbocycles. The molecule has 31 heavy (non-hydrogen) atoms. The molecule has 1 fully saturated rings.